The number of nitrogens with one attached hydrogen (secondary N) is 1. The summed E-state index contributed by atoms with van der Waals surface area (Å²) in [5.74, 6) is -3.45. The van der Waals surface area contributed by atoms with Crippen molar-refractivity contribution in [3.8, 4) is 17.0 Å². The number of aliphatic carboxylic acids is 1. The third kappa shape index (κ3) is 7.56. The van der Waals surface area contributed by atoms with Gasteiger partial charge in [0, 0.05) is 42.7 Å². The van der Waals surface area contributed by atoms with Gasteiger partial charge < -0.3 is 19.5 Å². The number of rotatable bonds is 11. The Labute approximate surface area is 266 Å². The summed E-state index contributed by atoms with van der Waals surface area (Å²) in [5, 5.41) is 12.0. The number of hydrogen-bond acceptors (Lipinski definition) is 10. The number of benzene rings is 1. The number of hydrogen-bond donors (Lipinski definition) is 2. The minimum Gasteiger partial charge on any atom is -0.493 e. The SMILES string of the molecule is CCOC[C@@H]1CCCN1Cc1sc(NC(=O)c2cnc(N3CCC(C(=O)O)CC3)cn2)nc1-c1cc(F)c(OC)c(C(F)(F)F)c1. The van der Waals surface area contributed by atoms with Gasteiger partial charge >= 0.3 is 12.1 Å². The first kappa shape index (κ1) is 33.5. The normalized spacial score (nSPS) is 17.8. The highest BCUT2D eigenvalue weighted by atomic mass is 32.1. The predicted molar refractivity (Wildman–Crippen MR) is 162 cm³/mol. The fourth-order valence-corrected chi connectivity index (χ4v) is 6.74. The second-order valence-corrected chi connectivity index (χ2v) is 12.2. The molecule has 11 nitrogen and oxygen atoms in total. The Hall–Kier alpha value is -3.89. The molecule has 2 saturated heterocycles. The molecule has 1 aromatic carbocycles. The number of likely N-dealkylation sites (tertiary alicyclic amines) is 1. The molecule has 248 valence electrons. The maximum absolute atomic E-state index is 14.9. The monoisotopic (exact) mass is 666 g/mol. The van der Waals surface area contributed by atoms with E-state index in [1.807, 2.05) is 11.8 Å². The molecule has 16 heteroatoms. The largest absolute Gasteiger partial charge is 0.493 e. The Bertz CT molecular complexity index is 1550. The Kier molecular flexibility index (Phi) is 10.4. The molecule has 0 aliphatic carbocycles. The zero-order valence-corrected chi connectivity index (χ0v) is 26.1. The van der Waals surface area contributed by atoms with Gasteiger partial charge in [0.25, 0.3) is 5.91 Å². The molecule has 0 radical (unpaired) electrons. The van der Waals surface area contributed by atoms with Crippen molar-refractivity contribution in [1.82, 2.24) is 19.9 Å². The van der Waals surface area contributed by atoms with E-state index in [1.165, 1.54) is 12.4 Å². The first-order valence-corrected chi connectivity index (χ1v) is 15.7. The molecule has 0 spiro atoms. The van der Waals surface area contributed by atoms with Crippen molar-refractivity contribution in [1.29, 1.82) is 0 Å². The third-order valence-electron chi connectivity index (χ3n) is 8.14. The second-order valence-electron chi connectivity index (χ2n) is 11.1. The zero-order chi connectivity index (χ0) is 33.0. The van der Waals surface area contributed by atoms with E-state index in [2.05, 4.69) is 25.2 Å². The van der Waals surface area contributed by atoms with Gasteiger partial charge in [0.05, 0.1) is 37.7 Å². The number of ether oxygens (including phenoxy) is 2. The van der Waals surface area contributed by atoms with Gasteiger partial charge in [0.1, 0.15) is 17.1 Å². The van der Waals surface area contributed by atoms with Gasteiger partial charge in [-0.2, -0.15) is 13.2 Å². The van der Waals surface area contributed by atoms with Crippen LogP contribution in [0.15, 0.2) is 24.5 Å². The number of aromatic nitrogens is 3. The first-order chi connectivity index (χ1) is 22.0. The van der Waals surface area contributed by atoms with Crippen LogP contribution in [0.4, 0.5) is 28.5 Å². The molecule has 2 N–H and O–H groups in total. The third-order valence-corrected chi connectivity index (χ3v) is 9.10. The van der Waals surface area contributed by atoms with E-state index in [0.29, 0.717) is 56.4 Å². The van der Waals surface area contributed by atoms with Crippen LogP contribution in [0.2, 0.25) is 0 Å². The number of methoxy groups -OCH3 is 1. The van der Waals surface area contributed by atoms with Crippen molar-refractivity contribution in [3.63, 3.8) is 0 Å². The number of halogens is 4. The molecule has 0 unspecified atom stereocenters. The molecule has 0 saturated carbocycles. The minimum atomic E-state index is -4.88. The molecule has 4 heterocycles. The summed E-state index contributed by atoms with van der Waals surface area (Å²) in [7, 11) is 0.970. The van der Waals surface area contributed by atoms with Gasteiger partial charge in [0.2, 0.25) is 0 Å². The number of piperidine rings is 1. The molecule has 2 fully saturated rings. The lowest BCUT2D eigenvalue weighted by Gasteiger charge is -2.30. The standard InChI is InChI=1S/C30H34F4N6O5S/c1-3-45-16-19-5-4-8-40(19)15-23-25(18-11-20(30(32,33)34)26(44-2)21(31)12-18)37-29(46-23)38-27(41)22-13-36-24(14-35-22)39-9-6-17(7-10-39)28(42)43/h11-14,17,19H,3-10,15-16H2,1-2H3,(H,42,43)(H,37,38,41)/t19-/m0/s1. The molecule has 2 aliphatic heterocycles. The summed E-state index contributed by atoms with van der Waals surface area (Å²) in [6.07, 6.45) is 0.584. The van der Waals surface area contributed by atoms with Crippen LogP contribution < -0.4 is 15.0 Å². The topological polar surface area (TPSA) is 130 Å². The summed E-state index contributed by atoms with van der Waals surface area (Å²) in [6.45, 7) is 4.97. The van der Waals surface area contributed by atoms with E-state index in [9.17, 15) is 32.3 Å². The summed E-state index contributed by atoms with van der Waals surface area (Å²) in [4.78, 5) is 42.0. The summed E-state index contributed by atoms with van der Waals surface area (Å²) in [6, 6.07) is 1.84. The Balaban J connectivity index is 1.40. The highest BCUT2D eigenvalue weighted by Gasteiger charge is 2.37. The molecule has 3 aromatic rings. The average Bonchev–Trinajstić information content (AvgIpc) is 3.65. The van der Waals surface area contributed by atoms with Crippen LogP contribution in [0, 0.1) is 11.7 Å². The number of carboxylic acids is 1. The van der Waals surface area contributed by atoms with Crippen LogP contribution >= 0.6 is 11.3 Å². The van der Waals surface area contributed by atoms with Gasteiger partial charge in [-0.05, 0) is 51.3 Å². The lowest BCUT2D eigenvalue weighted by Crippen LogP contribution is -2.36. The number of carbonyl (C=O) groups excluding carboxylic acids is 1. The van der Waals surface area contributed by atoms with Crippen LogP contribution in [-0.2, 0) is 22.3 Å². The molecule has 2 aromatic heterocycles. The van der Waals surface area contributed by atoms with E-state index >= 15 is 0 Å². The quantitative estimate of drug-likeness (QED) is 0.260. The first-order valence-electron chi connectivity index (χ1n) is 14.9. The fraction of sp³-hybridized carbons (Fsp3) is 0.500. The number of amides is 1. The van der Waals surface area contributed by atoms with Crippen molar-refractivity contribution in [2.45, 2.75) is 51.4 Å². The Morgan fingerprint density at radius 1 is 1.13 bits per heavy atom. The van der Waals surface area contributed by atoms with Crippen LogP contribution in [0.25, 0.3) is 11.3 Å². The van der Waals surface area contributed by atoms with Crippen molar-refractivity contribution in [3.05, 3.63) is 46.5 Å². The summed E-state index contributed by atoms with van der Waals surface area (Å²) in [5.41, 5.74) is -1.28. The molecule has 0 bridgehead atoms. The second kappa shape index (κ2) is 14.3. The number of thiazole rings is 1. The summed E-state index contributed by atoms with van der Waals surface area (Å²) >= 11 is 1.08. The molecular formula is C30H34F4N6O5S. The van der Waals surface area contributed by atoms with Crippen molar-refractivity contribution >= 4 is 34.2 Å². The van der Waals surface area contributed by atoms with Crippen LogP contribution in [0.1, 0.15) is 53.5 Å². The maximum Gasteiger partial charge on any atom is 0.420 e. The average molecular weight is 667 g/mol. The molecule has 2 aliphatic rings. The van der Waals surface area contributed by atoms with E-state index in [4.69, 9.17) is 9.47 Å². The number of anilines is 2. The molecule has 5 rings (SSSR count). The molecule has 1 atom stereocenters. The van der Waals surface area contributed by atoms with Crippen LogP contribution in [0.5, 0.6) is 5.75 Å². The molecule has 46 heavy (non-hydrogen) atoms. The molecule has 1 amide bonds. The Morgan fingerprint density at radius 3 is 2.52 bits per heavy atom. The number of carboxylic acid groups (broad SMARTS) is 1. The van der Waals surface area contributed by atoms with Crippen molar-refractivity contribution < 1.29 is 41.7 Å². The fourth-order valence-electron chi connectivity index (χ4n) is 5.73. The van der Waals surface area contributed by atoms with E-state index in [1.54, 1.807) is 0 Å². The van der Waals surface area contributed by atoms with E-state index in [0.717, 1.165) is 50.0 Å². The van der Waals surface area contributed by atoms with Crippen LogP contribution in [0.3, 0.4) is 0 Å². The number of alkyl halides is 3. The van der Waals surface area contributed by atoms with Crippen molar-refractivity contribution in [2.24, 2.45) is 5.92 Å². The van der Waals surface area contributed by atoms with Gasteiger partial charge in [-0.25, -0.2) is 19.3 Å². The smallest absolute Gasteiger partial charge is 0.420 e. The maximum atomic E-state index is 14.9. The van der Waals surface area contributed by atoms with E-state index < -0.39 is 41.1 Å². The lowest BCUT2D eigenvalue weighted by atomic mass is 9.97. The van der Waals surface area contributed by atoms with Crippen molar-refractivity contribution in [2.75, 3.05) is 50.2 Å². The highest BCUT2D eigenvalue weighted by Crippen LogP contribution is 2.42. The summed E-state index contributed by atoms with van der Waals surface area (Å²) < 4.78 is 66.9. The zero-order valence-electron chi connectivity index (χ0n) is 25.3. The Morgan fingerprint density at radius 2 is 1.89 bits per heavy atom. The number of carbonyl (C=O) groups is 2. The predicted octanol–water partition coefficient (Wildman–Crippen LogP) is 5.32. The van der Waals surface area contributed by atoms with Gasteiger partial charge in [-0.1, -0.05) is 11.3 Å². The van der Waals surface area contributed by atoms with Gasteiger partial charge in [0.15, 0.2) is 16.7 Å². The number of nitrogens with zero attached hydrogens (tertiary/aromatic N) is 5. The molecular weight excluding hydrogens is 632 g/mol. The minimum absolute atomic E-state index is 0.0198. The lowest BCUT2D eigenvalue weighted by molar-refractivity contribution is -0.142. The van der Waals surface area contributed by atoms with Gasteiger partial charge in [-0.15, -0.1) is 0 Å². The highest BCUT2D eigenvalue weighted by molar-refractivity contribution is 7.16. The van der Waals surface area contributed by atoms with Crippen LogP contribution in [-0.4, -0.2) is 82.8 Å². The van der Waals surface area contributed by atoms with E-state index in [-0.39, 0.29) is 28.1 Å². The van der Waals surface area contributed by atoms with Gasteiger partial charge in [-0.3, -0.25) is 19.8 Å².